The first kappa shape index (κ1) is 13.2. The summed E-state index contributed by atoms with van der Waals surface area (Å²) in [5.41, 5.74) is 9.74. The number of benzene rings is 1. The molecule has 1 atom stereocenters. The first-order valence-corrected chi connectivity index (χ1v) is 5.83. The highest BCUT2D eigenvalue weighted by molar-refractivity contribution is 5.38. The van der Waals surface area contributed by atoms with Crippen molar-refractivity contribution in [2.45, 2.75) is 45.6 Å². The molecule has 0 amide bonds. The fourth-order valence-electron chi connectivity index (χ4n) is 2.39. The van der Waals surface area contributed by atoms with E-state index in [-0.39, 0.29) is 18.1 Å². The molecule has 0 aromatic heterocycles. The summed E-state index contributed by atoms with van der Waals surface area (Å²) >= 11 is 0. The molecule has 0 bridgehead atoms. The van der Waals surface area contributed by atoms with Crippen molar-refractivity contribution in [3.63, 3.8) is 0 Å². The zero-order valence-electron chi connectivity index (χ0n) is 10.7. The number of hydrogen-bond acceptors (Lipinski definition) is 2. The van der Waals surface area contributed by atoms with E-state index in [1.165, 1.54) is 16.7 Å². The molecule has 0 heterocycles. The maximum absolute atomic E-state index is 9.19. The van der Waals surface area contributed by atoms with E-state index in [1.807, 2.05) is 13.8 Å². The summed E-state index contributed by atoms with van der Waals surface area (Å²) in [4.78, 5) is 0. The Hall–Kier alpha value is -0.860. The van der Waals surface area contributed by atoms with E-state index < -0.39 is 0 Å². The lowest BCUT2D eigenvalue weighted by Crippen LogP contribution is -2.40. The zero-order valence-corrected chi connectivity index (χ0v) is 10.7. The highest BCUT2D eigenvalue weighted by Crippen LogP contribution is 2.33. The first-order chi connectivity index (χ1) is 7.38. The second kappa shape index (κ2) is 4.98. The maximum Gasteiger partial charge on any atom is 0.0437 e. The third kappa shape index (κ3) is 2.83. The van der Waals surface area contributed by atoms with Crippen LogP contribution in [0.4, 0.5) is 0 Å². The molecule has 3 N–H and O–H groups in total. The normalized spacial score (nSPS) is 13.9. The molecule has 1 unspecified atom stereocenters. The molecule has 2 heteroatoms. The molecule has 1 aromatic carbocycles. The van der Waals surface area contributed by atoms with E-state index in [0.717, 1.165) is 6.42 Å². The molecule has 0 saturated heterocycles. The molecule has 1 rings (SSSR count). The average Bonchev–Trinajstić information content (AvgIpc) is 2.14. The van der Waals surface area contributed by atoms with E-state index in [1.54, 1.807) is 0 Å². The number of aryl methyl sites for hydroxylation is 2. The van der Waals surface area contributed by atoms with Crippen molar-refractivity contribution in [3.05, 3.63) is 34.9 Å². The van der Waals surface area contributed by atoms with Crippen molar-refractivity contribution >= 4 is 0 Å². The van der Waals surface area contributed by atoms with Gasteiger partial charge in [-0.3, -0.25) is 0 Å². The minimum Gasteiger partial charge on any atom is -0.396 e. The van der Waals surface area contributed by atoms with Crippen LogP contribution in [0.3, 0.4) is 0 Å². The Labute approximate surface area is 98.5 Å². The number of rotatable bonds is 4. The van der Waals surface area contributed by atoms with Crippen molar-refractivity contribution in [1.82, 2.24) is 0 Å². The van der Waals surface area contributed by atoms with E-state index in [9.17, 15) is 5.11 Å². The predicted molar refractivity (Wildman–Crippen MR) is 68.6 cm³/mol. The number of nitrogens with two attached hydrogens (primary N) is 1. The smallest absolute Gasteiger partial charge is 0.0437 e. The van der Waals surface area contributed by atoms with Crippen molar-refractivity contribution < 1.29 is 5.11 Å². The molecular weight excluding hydrogens is 198 g/mol. The monoisotopic (exact) mass is 221 g/mol. The highest BCUT2D eigenvalue weighted by atomic mass is 16.3. The molecule has 90 valence electrons. The molecule has 0 aliphatic heterocycles. The zero-order chi connectivity index (χ0) is 12.3. The summed E-state index contributed by atoms with van der Waals surface area (Å²) in [6.07, 6.45) is 0.717. The van der Waals surface area contributed by atoms with Crippen LogP contribution in [0.25, 0.3) is 0 Å². The Morgan fingerprint density at radius 1 is 1.25 bits per heavy atom. The topological polar surface area (TPSA) is 46.2 Å². The summed E-state index contributed by atoms with van der Waals surface area (Å²) in [6.45, 7) is 8.45. The fourth-order valence-corrected chi connectivity index (χ4v) is 2.39. The van der Waals surface area contributed by atoms with Gasteiger partial charge >= 0.3 is 0 Å². The van der Waals surface area contributed by atoms with Crippen molar-refractivity contribution in [2.24, 2.45) is 5.73 Å². The number of aliphatic hydroxyl groups excluding tert-OH is 1. The minimum atomic E-state index is -0.306. The van der Waals surface area contributed by atoms with E-state index >= 15 is 0 Å². The van der Waals surface area contributed by atoms with Crippen LogP contribution in [-0.4, -0.2) is 17.3 Å². The predicted octanol–water partition coefficient (Wildman–Crippen LogP) is 2.51. The van der Waals surface area contributed by atoms with Gasteiger partial charge in [0.2, 0.25) is 0 Å². The average molecular weight is 221 g/mol. The van der Waals surface area contributed by atoms with Gasteiger partial charge in [0.15, 0.2) is 0 Å². The van der Waals surface area contributed by atoms with Gasteiger partial charge in [-0.05, 0) is 50.8 Å². The van der Waals surface area contributed by atoms with Crippen LogP contribution in [0.2, 0.25) is 0 Å². The Kier molecular flexibility index (Phi) is 4.11. The van der Waals surface area contributed by atoms with Crippen molar-refractivity contribution in [3.8, 4) is 0 Å². The minimum absolute atomic E-state index is 0.180. The van der Waals surface area contributed by atoms with Crippen molar-refractivity contribution in [2.75, 3.05) is 6.61 Å². The van der Waals surface area contributed by atoms with Crippen LogP contribution in [0.1, 0.15) is 42.9 Å². The van der Waals surface area contributed by atoms with Gasteiger partial charge in [-0.1, -0.05) is 18.2 Å². The molecule has 0 aliphatic rings. The van der Waals surface area contributed by atoms with Crippen LogP contribution in [0.5, 0.6) is 0 Å². The SMILES string of the molecule is Cc1cccc(C)c1C(CCO)C(C)(C)N. The maximum atomic E-state index is 9.19. The van der Waals surface area contributed by atoms with E-state index in [4.69, 9.17) is 5.73 Å². The van der Waals surface area contributed by atoms with Crippen LogP contribution in [0.15, 0.2) is 18.2 Å². The van der Waals surface area contributed by atoms with Crippen molar-refractivity contribution in [1.29, 1.82) is 0 Å². The van der Waals surface area contributed by atoms with Gasteiger partial charge < -0.3 is 10.8 Å². The third-order valence-corrected chi connectivity index (χ3v) is 3.21. The van der Waals surface area contributed by atoms with E-state index in [0.29, 0.717) is 0 Å². The molecular formula is C14H23NO. The standard InChI is InChI=1S/C14H23NO/c1-10-6-5-7-11(2)13(10)12(8-9-16)14(3,4)15/h5-7,12,16H,8-9,15H2,1-4H3. The molecule has 0 saturated carbocycles. The van der Waals surface area contributed by atoms with Crippen LogP contribution in [-0.2, 0) is 0 Å². The highest BCUT2D eigenvalue weighted by Gasteiger charge is 2.28. The van der Waals surface area contributed by atoms with Crippen LogP contribution < -0.4 is 5.73 Å². The summed E-state index contributed by atoms with van der Waals surface area (Å²) in [5.74, 6) is 0.207. The Bertz CT molecular complexity index is 332. The Morgan fingerprint density at radius 2 is 1.75 bits per heavy atom. The molecule has 0 radical (unpaired) electrons. The summed E-state index contributed by atoms with van der Waals surface area (Å²) in [6, 6.07) is 6.28. The number of hydrogen-bond donors (Lipinski definition) is 2. The fraction of sp³-hybridized carbons (Fsp3) is 0.571. The quantitative estimate of drug-likeness (QED) is 0.820. The second-order valence-corrected chi connectivity index (χ2v) is 5.19. The molecule has 2 nitrogen and oxygen atoms in total. The van der Waals surface area contributed by atoms with Gasteiger partial charge in [0.1, 0.15) is 0 Å². The summed E-state index contributed by atoms with van der Waals surface area (Å²) in [5, 5.41) is 9.19. The summed E-state index contributed by atoms with van der Waals surface area (Å²) in [7, 11) is 0. The Balaban J connectivity index is 3.21. The van der Waals surface area contributed by atoms with Crippen LogP contribution in [0, 0.1) is 13.8 Å². The second-order valence-electron chi connectivity index (χ2n) is 5.19. The van der Waals surface area contributed by atoms with Gasteiger partial charge in [0.25, 0.3) is 0 Å². The molecule has 16 heavy (non-hydrogen) atoms. The van der Waals surface area contributed by atoms with Gasteiger partial charge in [-0.2, -0.15) is 0 Å². The van der Waals surface area contributed by atoms with Gasteiger partial charge in [0.05, 0.1) is 0 Å². The van der Waals surface area contributed by atoms with Gasteiger partial charge in [0, 0.05) is 18.1 Å². The van der Waals surface area contributed by atoms with Crippen LogP contribution >= 0.6 is 0 Å². The lowest BCUT2D eigenvalue weighted by atomic mass is 9.77. The van der Waals surface area contributed by atoms with Gasteiger partial charge in [-0.15, -0.1) is 0 Å². The third-order valence-electron chi connectivity index (χ3n) is 3.21. The van der Waals surface area contributed by atoms with E-state index in [2.05, 4.69) is 32.0 Å². The molecule has 0 aliphatic carbocycles. The molecule has 0 spiro atoms. The van der Waals surface area contributed by atoms with Gasteiger partial charge in [-0.25, -0.2) is 0 Å². The molecule has 0 fully saturated rings. The Morgan fingerprint density at radius 3 is 2.12 bits per heavy atom. The first-order valence-electron chi connectivity index (χ1n) is 5.83. The lowest BCUT2D eigenvalue weighted by molar-refractivity contribution is 0.250. The molecule has 1 aromatic rings. The summed E-state index contributed by atoms with van der Waals surface area (Å²) < 4.78 is 0. The largest absolute Gasteiger partial charge is 0.396 e. The number of aliphatic hydroxyl groups is 1. The lowest BCUT2D eigenvalue weighted by Gasteiger charge is -2.33.